The van der Waals surface area contributed by atoms with E-state index >= 15 is 0 Å². The van der Waals surface area contributed by atoms with Gasteiger partial charge in [-0.15, -0.1) is 0 Å². The Labute approximate surface area is 134 Å². The van der Waals surface area contributed by atoms with Crippen LogP contribution in [0.3, 0.4) is 0 Å². The summed E-state index contributed by atoms with van der Waals surface area (Å²) in [5.74, 6) is 1.01. The Morgan fingerprint density at radius 1 is 1.17 bits per heavy atom. The van der Waals surface area contributed by atoms with Gasteiger partial charge in [0.15, 0.2) is 0 Å². The van der Waals surface area contributed by atoms with Crippen LogP contribution in [0.15, 0.2) is 55.0 Å². The van der Waals surface area contributed by atoms with Crippen molar-refractivity contribution in [2.45, 2.75) is 19.1 Å². The molecule has 1 aliphatic rings. The van der Waals surface area contributed by atoms with Crippen LogP contribution in [-0.2, 0) is 13.0 Å². The van der Waals surface area contributed by atoms with Gasteiger partial charge in [-0.1, -0.05) is 18.2 Å². The molecule has 2 aromatic heterocycles. The molecular weight excluding hydrogens is 288 g/mol. The molecule has 4 rings (SSSR count). The zero-order chi connectivity index (χ0) is 15.5. The highest BCUT2D eigenvalue weighted by molar-refractivity contribution is 5.61. The fourth-order valence-corrected chi connectivity index (χ4v) is 2.94. The predicted octanol–water partition coefficient (Wildman–Crippen LogP) is 2.57. The minimum absolute atomic E-state index is 0.196. The number of nitrogens with zero attached hydrogens (tertiary/aromatic N) is 2. The lowest BCUT2D eigenvalue weighted by Gasteiger charge is -2.12. The molecule has 0 radical (unpaired) electrons. The number of aromatic nitrogens is 3. The number of benzene rings is 1. The Morgan fingerprint density at radius 3 is 3.00 bits per heavy atom. The van der Waals surface area contributed by atoms with Gasteiger partial charge in [-0.2, -0.15) is 5.10 Å². The lowest BCUT2D eigenvalue weighted by Crippen LogP contribution is -2.29. The van der Waals surface area contributed by atoms with Crippen LogP contribution in [0.4, 0.5) is 0 Å². The van der Waals surface area contributed by atoms with Crippen LogP contribution < -0.4 is 10.1 Å². The molecule has 3 heterocycles. The van der Waals surface area contributed by atoms with E-state index in [1.165, 1.54) is 5.56 Å². The Morgan fingerprint density at radius 2 is 2.13 bits per heavy atom. The lowest BCUT2D eigenvalue weighted by atomic mass is 10.1. The molecule has 0 amide bonds. The van der Waals surface area contributed by atoms with Crippen molar-refractivity contribution in [3.05, 3.63) is 66.1 Å². The average Bonchev–Trinajstić information content (AvgIpc) is 3.22. The van der Waals surface area contributed by atoms with E-state index in [4.69, 9.17) is 4.74 Å². The van der Waals surface area contributed by atoms with Gasteiger partial charge in [-0.25, -0.2) is 0 Å². The average molecular weight is 306 g/mol. The molecule has 3 aromatic rings. The van der Waals surface area contributed by atoms with Gasteiger partial charge < -0.3 is 10.1 Å². The second-order valence-corrected chi connectivity index (χ2v) is 5.69. The summed E-state index contributed by atoms with van der Waals surface area (Å²) >= 11 is 0. The van der Waals surface area contributed by atoms with Crippen molar-refractivity contribution in [1.82, 2.24) is 20.5 Å². The van der Waals surface area contributed by atoms with Gasteiger partial charge in [0.25, 0.3) is 0 Å². The SMILES string of the molecule is c1cncc(-c2[nH]ncc2CNCC2Cc3ccccc3O2)c1. The standard InChI is InChI=1S/C18H18N4O/c1-2-6-17-13(4-1)8-16(23-17)12-20-10-15-11-21-22-18(15)14-5-3-7-19-9-14/h1-7,9,11,16,20H,8,10,12H2,(H,21,22). The molecule has 2 N–H and O–H groups in total. The van der Waals surface area contributed by atoms with Crippen molar-refractivity contribution in [3.8, 4) is 17.0 Å². The third-order valence-corrected chi connectivity index (χ3v) is 4.07. The minimum atomic E-state index is 0.196. The van der Waals surface area contributed by atoms with Crippen molar-refractivity contribution >= 4 is 0 Å². The third-order valence-electron chi connectivity index (χ3n) is 4.07. The molecule has 0 aliphatic carbocycles. The molecule has 0 saturated heterocycles. The summed E-state index contributed by atoms with van der Waals surface area (Å²) in [6.45, 7) is 1.56. The van der Waals surface area contributed by atoms with Crippen molar-refractivity contribution in [2.24, 2.45) is 0 Å². The number of para-hydroxylation sites is 1. The van der Waals surface area contributed by atoms with Gasteiger partial charge in [0, 0.05) is 43.0 Å². The molecular formula is C18H18N4O. The Hall–Kier alpha value is -2.66. The molecule has 0 spiro atoms. The number of aromatic amines is 1. The van der Waals surface area contributed by atoms with Gasteiger partial charge in [-0.3, -0.25) is 10.1 Å². The fraction of sp³-hybridized carbons (Fsp3) is 0.222. The monoisotopic (exact) mass is 306 g/mol. The summed E-state index contributed by atoms with van der Waals surface area (Å²) in [5, 5.41) is 10.7. The normalized spacial score (nSPS) is 16.1. The zero-order valence-electron chi connectivity index (χ0n) is 12.7. The molecule has 5 heteroatoms. The number of pyridine rings is 1. The summed E-state index contributed by atoms with van der Waals surface area (Å²) in [4.78, 5) is 4.16. The number of rotatable bonds is 5. The van der Waals surface area contributed by atoms with Crippen LogP contribution in [-0.4, -0.2) is 27.8 Å². The molecule has 1 aliphatic heterocycles. The summed E-state index contributed by atoms with van der Waals surface area (Å²) in [6.07, 6.45) is 6.63. The topological polar surface area (TPSA) is 62.8 Å². The van der Waals surface area contributed by atoms with Gasteiger partial charge >= 0.3 is 0 Å². The largest absolute Gasteiger partial charge is 0.488 e. The van der Waals surface area contributed by atoms with Crippen LogP contribution in [0.1, 0.15) is 11.1 Å². The highest BCUT2D eigenvalue weighted by atomic mass is 16.5. The van der Waals surface area contributed by atoms with Crippen molar-refractivity contribution in [1.29, 1.82) is 0 Å². The highest BCUT2D eigenvalue weighted by Gasteiger charge is 2.21. The molecule has 0 fully saturated rings. The number of ether oxygens (including phenoxy) is 1. The maximum Gasteiger partial charge on any atom is 0.123 e. The zero-order valence-corrected chi connectivity index (χ0v) is 12.7. The first kappa shape index (κ1) is 14.0. The van der Waals surface area contributed by atoms with E-state index in [2.05, 4.69) is 32.6 Å². The van der Waals surface area contributed by atoms with Crippen LogP contribution in [0.25, 0.3) is 11.3 Å². The first-order valence-electron chi connectivity index (χ1n) is 7.78. The Kier molecular flexibility index (Phi) is 3.78. The number of hydrogen-bond donors (Lipinski definition) is 2. The Bertz CT molecular complexity index is 759. The second-order valence-electron chi connectivity index (χ2n) is 5.69. The number of hydrogen-bond acceptors (Lipinski definition) is 4. The molecule has 0 saturated carbocycles. The number of fused-ring (bicyclic) bond motifs is 1. The van der Waals surface area contributed by atoms with Gasteiger partial charge in [-0.05, 0) is 23.8 Å². The number of nitrogens with one attached hydrogen (secondary N) is 2. The van der Waals surface area contributed by atoms with Gasteiger partial charge in [0.05, 0.1) is 11.9 Å². The van der Waals surface area contributed by atoms with E-state index in [-0.39, 0.29) is 6.10 Å². The predicted molar refractivity (Wildman–Crippen MR) is 88.1 cm³/mol. The van der Waals surface area contributed by atoms with E-state index in [1.807, 2.05) is 36.7 Å². The van der Waals surface area contributed by atoms with Crippen molar-refractivity contribution in [3.63, 3.8) is 0 Å². The first-order valence-corrected chi connectivity index (χ1v) is 7.78. The van der Waals surface area contributed by atoms with Crippen LogP contribution in [0.5, 0.6) is 5.75 Å². The highest BCUT2D eigenvalue weighted by Crippen LogP contribution is 2.27. The van der Waals surface area contributed by atoms with Gasteiger partial charge in [0.1, 0.15) is 11.9 Å². The van der Waals surface area contributed by atoms with Crippen LogP contribution in [0.2, 0.25) is 0 Å². The summed E-state index contributed by atoms with van der Waals surface area (Å²) in [5.41, 5.74) is 4.49. The molecule has 5 nitrogen and oxygen atoms in total. The van der Waals surface area contributed by atoms with Crippen LogP contribution >= 0.6 is 0 Å². The lowest BCUT2D eigenvalue weighted by molar-refractivity contribution is 0.227. The van der Waals surface area contributed by atoms with E-state index < -0.39 is 0 Å². The molecule has 1 atom stereocenters. The molecule has 0 bridgehead atoms. The Balaban J connectivity index is 1.36. The first-order chi connectivity index (χ1) is 11.4. The third kappa shape index (κ3) is 2.96. The van der Waals surface area contributed by atoms with Crippen molar-refractivity contribution in [2.75, 3.05) is 6.54 Å². The summed E-state index contributed by atoms with van der Waals surface area (Å²) in [7, 11) is 0. The van der Waals surface area contributed by atoms with Gasteiger partial charge in [0.2, 0.25) is 0 Å². The maximum absolute atomic E-state index is 5.95. The van der Waals surface area contributed by atoms with E-state index in [0.29, 0.717) is 0 Å². The quantitative estimate of drug-likeness (QED) is 0.760. The smallest absolute Gasteiger partial charge is 0.123 e. The summed E-state index contributed by atoms with van der Waals surface area (Å²) < 4.78 is 5.95. The molecule has 23 heavy (non-hydrogen) atoms. The fourth-order valence-electron chi connectivity index (χ4n) is 2.94. The second kappa shape index (κ2) is 6.22. The van der Waals surface area contributed by atoms with Crippen LogP contribution in [0, 0.1) is 0 Å². The van der Waals surface area contributed by atoms with E-state index in [1.54, 1.807) is 6.20 Å². The van der Waals surface area contributed by atoms with E-state index in [0.717, 1.165) is 42.1 Å². The minimum Gasteiger partial charge on any atom is -0.488 e. The molecule has 1 unspecified atom stereocenters. The molecule has 1 aromatic carbocycles. The molecule has 116 valence electrons. The van der Waals surface area contributed by atoms with E-state index in [9.17, 15) is 0 Å². The number of H-pyrrole nitrogens is 1. The van der Waals surface area contributed by atoms with Crippen molar-refractivity contribution < 1.29 is 4.74 Å². The maximum atomic E-state index is 5.95. The summed E-state index contributed by atoms with van der Waals surface area (Å²) in [6, 6.07) is 12.2.